The van der Waals surface area contributed by atoms with Gasteiger partial charge in [-0.3, -0.25) is 0 Å². The number of nitrogens with zero attached hydrogens (tertiary/aromatic N) is 1. The molecule has 1 heteroatoms. The van der Waals surface area contributed by atoms with E-state index >= 15 is 0 Å². The molecule has 21 heavy (non-hydrogen) atoms. The molecule has 0 spiro atoms. The second-order valence-electron chi connectivity index (χ2n) is 5.93. The van der Waals surface area contributed by atoms with Crippen molar-refractivity contribution in [3.8, 4) is 0 Å². The van der Waals surface area contributed by atoms with Gasteiger partial charge in [0.25, 0.3) is 0 Å². The summed E-state index contributed by atoms with van der Waals surface area (Å²) in [5.74, 6) is 1.19. The van der Waals surface area contributed by atoms with Crippen LogP contribution in [0.4, 0.5) is 5.69 Å². The van der Waals surface area contributed by atoms with Crippen molar-refractivity contribution >= 4 is 5.69 Å². The molecule has 0 aliphatic carbocycles. The molecule has 2 rings (SSSR count). The number of anilines is 1. The number of hydrogen-bond acceptors (Lipinski definition) is 1. The molecule has 0 amide bonds. The Bertz CT molecular complexity index is 528. The summed E-state index contributed by atoms with van der Waals surface area (Å²) >= 11 is 0. The Morgan fingerprint density at radius 2 is 1.19 bits per heavy atom. The summed E-state index contributed by atoms with van der Waals surface area (Å²) < 4.78 is 0. The minimum atomic E-state index is 0.591. The Morgan fingerprint density at radius 1 is 0.714 bits per heavy atom. The molecule has 0 heterocycles. The molecule has 2 aromatic rings. The van der Waals surface area contributed by atoms with E-state index in [0.717, 1.165) is 0 Å². The van der Waals surface area contributed by atoms with Gasteiger partial charge in [0.1, 0.15) is 0 Å². The van der Waals surface area contributed by atoms with Crippen LogP contribution in [0.2, 0.25) is 0 Å². The maximum atomic E-state index is 2.30. The zero-order chi connectivity index (χ0) is 15.2. The highest BCUT2D eigenvalue weighted by molar-refractivity contribution is 5.47. The molecule has 0 saturated carbocycles. The van der Waals surface area contributed by atoms with E-state index in [-0.39, 0.29) is 0 Å². The summed E-state index contributed by atoms with van der Waals surface area (Å²) in [4.78, 5) is 2.15. The van der Waals surface area contributed by atoms with Gasteiger partial charge in [-0.2, -0.15) is 0 Å². The van der Waals surface area contributed by atoms with Crippen molar-refractivity contribution in [2.75, 3.05) is 19.0 Å². The van der Waals surface area contributed by atoms with E-state index in [1.165, 1.54) is 29.7 Å². The van der Waals surface area contributed by atoms with E-state index in [1.54, 1.807) is 0 Å². The summed E-state index contributed by atoms with van der Waals surface area (Å²) in [6.07, 6.45) is 2.35. The van der Waals surface area contributed by atoms with Gasteiger partial charge < -0.3 is 4.90 Å². The van der Waals surface area contributed by atoms with Gasteiger partial charge in [-0.25, -0.2) is 0 Å². The highest BCUT2D eigenvalue weighted by Crippen LogP contribution is 2.38. The molecular formula is C20H27N. The molecule has 0 radical (unpaired) electrons. The summed E-state index contributed by atoms with van der Waals surface area (Å²) in [6, 6.07) is 20.0. The third-order valence-corrected chi connectivity index (χ3v) is 4.43. The third-order valence-electron chi connectivity index (χ3n) is 4.43. The predicted octanol–water partition coefficient (Wildman–Crippen LogP) is 5.44. The standard InChI is InChI=1S/C20H27N/c1-5-19(16-10-8-7-9-11-16)20(6-2)17-12-14-18(15-13-17)21(3)4/h7-15,19-20H,5-6H2,1-4H3. The first kappa shape index (κ1) is 15.6. The molecule has 0 fully saturated rings. The van der Waals surface area contributed by atoms with E-state index in [4.69, 9.17) is 0 Å². The van der Waals surface area contributed by atoms with Crippen LogP contribution >= 0.6 is 0 Å². The first-order valence-electron chi connectivity index (χ1n) is 7.99. The van der Waals surface area contributed by atoms with Crippen molar-refractivity contribution in [1.29, 1.82) is 0 Å². The molecule has 0 N–H and O–H groups in total. The molecule has 2 aromatic carbocycles. The van der Waals surface area contributed by atoms with Crippen molar-refractivity contribution < 1.29 is 0 Å². The lowest BCUT2D eigenvalue weighted by Crippen LogP contribution is -2.11. The quantitative estimate of drug-likeness (QED) is 0.681. The Kier molecular flexibility index (Phi) is 5.44. The van der Waals surface area contributed by atoms with E-state index in [9.17, 15) is 0 Å². The van der Waals surface area contributed by atoms with Crippen molar-refractivity contribution in [2.24, 2.45) is 0 Å². The van der Waals surface area contributed by atoms with E-state index in [0.29, 0.717) is 11.8 Å². The fourth-order valence-electron chi connectivity index (χ4n) is 3.22. The minimum Gasteiger partial charge on any atom is -0.378 e. The Morgan fingerprint density at radius 3 is 1.62 bits per heavy atom. The summed E-state index contributed by atoms with van der Waals surface area (Å²) in [5.41, 5.74) is 4.18. The Balaban J connectivity index is 2.29. The summed E-state index contributed by atoms with van der Waals surface area (Å²) in [6.45, 7) is 4.60. The predicted molar refractivity (Wildman–Crippen MR) is 93.3 cm³/mol. The lowest BCUT2D eigenvalue weighted by atomic mass is 9.78. The fraction of sp³-hybridized carbons (Fsp3) is 0.400. The van der Waals surface area contributed by atoms with E-state index in [1.807, 2.05) is 0 Å². The average Bonchev–Trinajstić information content (AvgIpc) is 2.53. The maximum absolute atomic E-state index is 2.30. The van der Waals surface area contributed by atoms with Gasteiger partial charge in [0.2, 0.25) is 0 Å². The molecule has 2 atom stereocenters. The van der Waals surface area contributed by atoms with Crippen molar-refractivity contribution in [2.45, 2.75) is 38.5 Å². The van der Waals surface area contributed by atoms with Gasteiger partial charge in [-0.05, 0) is 47.9 Å². The van der Waals surface area contributed by atoms with Crippen LogP contribution in [0.1, 0.15) is 49.7 Å². The maximum Gasteiger partial charge on any atom is 0.0361 e. The SMILES string of the molecule is CCC(c1ccccc1)C(CC)c1ccc(N(C)C)cc1. The van der Waals surface area contributed by atoms with Crippen molar-refractivity contribution in [3.63, 3.8) is 0 Å². The first-order chi connectivity index (χ1) is 10.2. The highest BCUT2D eigenvalue weighted by atomic mass is 15.1. The Labute approximate surface area is 129 Å². The van der Waals surface area contributed by atoms with Gasteiger partial charge in [0, 0.05) is 19.8 Å². The van der Waals surface area contributed by atoms with Crippen LogP contribution in [0.25, 0.3) is 0 Å². The third kappa shape index (κ3) is 3.66. The first-order valence-corrected chi connectivity index (χ1v) is 7.99. The highest BCUT2D eigenvalue weighted by Gasteiger charge is 2.21. The van der Waals surface area contributed by atoms with Gasteiger partial charge in [-0.15, -0.1) is 0 Å². The van der Waals surface area contributed by atoms with Crippen LogP contribution in [-0.4, -0.2) is 14.1 Å². The second kappa shape index (κ2) is 7.31. The minimum absolute atomic E-state index is 0.591. The van der Waals surface area contributed by atoms with Crippen LogP contribution in [0.3, 0.4) is 0 Å². The van der Waals surface area contributed by atoms with Crippen LogP contribution < -0.4 is 4.90 Å². The van der Waals surface area contributed by atoms with Gasteiger partial charge in [0.05, 0.1) is 0 Å². The molecular weight excluding hydrogens is 254 g/mol. The van der Waals surface area contributed by atoms with Crippen LogP contribution in [-0.2, 0) is 0 Å². The molecule has 0 aliphatic rings. The zero-order valence-electron chi connectivity index (χ0n) is 13.7. The Hall–Kier alpha value is -1.76. The van der Waals surface area contributed by atoms with Crippen molar-refractivity contribution in [1.82, 2.24) is 0 Å². The van der Waals surface area contributed by atoms with E-state index in [2.05, 4.69) is 87.4 Å². The van der Waals surface area contributed by atoms with E-state index < -0.39 is 0 Å². The number of hydrogen-bond donors (Lipinski definition) is 0. The van der Waals surface area contributed by atoms with Gasteiger partial charge in [-0.1, -0.05) is 56.3 Å². The molecule has 1 nitrogen and oxygen atoms in total. The number of rotatable bonds is 6. The molecule has 2 unspecified atom stereocenters. The van der Waals surface area contributed by atoms with Crippen molar-refractivity contribution in [3.05, 3.63) is 65.7 Å². The molecule has 0 aromatic heterocycles. The number of benzene rings is 2. The summed E-state index contributed by atoms with van der Waals surface area (Å²) in [7, 11) is 4.18. The largest absolute Gasteiger partial charge is 0.378 e. The van der Waals surface area contributed by atoms with Crippen LogP contribution in [0.15, 0.2) is 54.6 Å². The molecule has 0 saturated heterocycles. The zero-order valence-corrected chi connectivity index (χ0v) is 13.7. The molecule has 0 aliphatic heterocycles. The summed E-state index contributed by atoms with van der Waals surface area (Å²) in [5, 5.41) is 0. The van der Waals surface area contributed by atoms with Gasteiger partial charge in [0.15, 0.2) is 0 Å². The van der Waals surface area contributed by atoms with Crippen LogP contribution in [0.5, 0.6) is 0 Å². The molecule has 112 valence electrons. The lowest BCUT2D eigenvalue weighted by molar-refractivity contribution is 0.510. The van der Waals surface area contributed by atoms with Crippen LogP contribution in [0, 0.1) is 0 Å². The second-order valence-corrected chi connectivity index (χ2v) is 5.93. The fourth-order valence-corrected chi connectivity index (χ4v) is 3.22. The monoisotopic (exact) mass is 281 g/mol. The topological polar surface area (TPSA) is 3.24 Å². The lowest BCUT2D eigenvalue weighted by Gasteiger charge is -2.27. The smallest absolute Gasteiger partial charge is 0.0361 e. The normalized spacial score (nSPS) is 13.7. The molecule has 0 bridgehead atoms. The van der Waals surface area contributed by atoms with Gasteiger partial charge >= 0.3 is 0 Å². The average molecular weight is 281 g/mol.